The molecule has 0 saturated heterocycles. The van der Waals surface area contributed by atoms with Gasteiger partial charge in [-0.2, -0.15) is 0 Å². The van der Waals surface area contributed by atoms with E-state index in [2.05, 4.69) is 24.1 Å². The van der Waals surface area contributed by atoms with E-state index >= 15 is 0 Å². The molecule has 2 rings (SSSR count). The van der Waals surface area contributed by atoms with Gasteiger partial charge in [0, 0.05) is 23.5 Å². The van der Waals surface area contributed by atoms with Crippen LogP contribution in [0.15, 0.2) is 23.6 Å². The van der Waals surface area contributed by atoms with E-state index in [0.29, 0.717) is 6.04 Å². The Balaban J connectivity index is 2.16. The highest BCUT2D eigenvalue weighted by Gasteiger charge is 2.08. The summed E-state index contributed by atoms with van der Waals surface area (Å²) in [5, 5.41) is 6.25. The van der Waals surface area contributed by atoms with Crippen molar-refractivity contribution in [1.29, 1.82) is 0 Å². The SMILES string of the molecule is COc1ccc(-c2csc(CNC(C)C)n2)cc1F. The first-order chi connectivity index (χ1) is 9.10. The number of aromatic nitrogens is 1. The van der Waals surface area contributed by atoms with E-state index in [1.54, 1.807) is 17.4 Å². The molecule has 0 aliphatic rings. The van der Waals surface area contributed by atoms with Crippen LogP contribution >= 0.6 is 11.3 Å². The second-order valence-electron chi connectivity index (χ2n) is 4.51. The molecule has 1 aromatic heterocycles. The summed E-state index contributed by atoms with van der Waals surface area (Å²) >= 11 is 1.57. The van der Waals surface area contributed by atoms with E-state index in [-0.39, 0.29) is 11.6 Å². The van der Waals surface area contributed by atoms with Crippen LogP contribution in [0.1, 0.15) is 18.9 Å². The van der Waals surface area contributed by atoms with Crippen molar-refractivity contribution in [2.45, 2.75) is 26.4 Å². The molecule has 0 spiro atoms. The maximum atomic E-state index is 13.6. The van der Waals surface area contributed by atoms with Gasteiger partial charge in [-0.25, -0.2) is 9.37 Å². The van der Waals surface area contributed by atoms with Gasteiger partial charge in [-0.05, 0) is 18.2 Å². The second-order valence-corrected chi connectivity index (χ2v) is 5.45. The number of rotatable bonds is 5. The fourth-order valence-electron chi connectivity index (χ4n) is 1.64. The van der Waals surface area contributed by atoms with Crippen molar-refractivity contribution >= 4 is 11.3 Å². The zero-order chi connectivity index (χ0) is 13.8. The van der Waals surface area contributed by atoms with Crippen LogP contribution in [0.25, 0.3) is 11.3 Å². The molecular formula is C14H17FN2OS. The lowest BCUT2D eigenvalue weighted by molar-refractivity contribution is 0.386. The zero-order valence-electron chi connectivity index (χ0n) is 11.2. The average Bonchev–Trinajstić information content (AvgIpc) is 2.85. The largest absolute Gasteiger partial charge is 0.494 e. The number of hydrogen-bond donors (Lipinski definition) is 1. The molecule has 0 saturated carbocycles. The van der Waals surface area contributed by atoms with E-state index in [1.165, 1.54) is 13.2 Å². The van der Waals surface area contributed by atoms with Gasteiger partial charge < -0.3 is 10.1 Å². The third-order valence-corrected chi connectivity index (χ3v) is 3.51. The molecule has 1 heterocycles. The maximum absolute atomic E-state index is 13.6. The van der Waals surface area contributed by atoms with Gasteiger partial charge in [0.25, 0.3) is 0 Å². The van der Waals surface area contributed by atoms with Crippen LogP contribution in [-0.4, -0.2) is 18.1 Å². The van der Waals surface area contributed by atoms with Crippen molar-refractivity contribution in [2.75, 3.05) is 7.11 Å². The monoisotopic (exact) mass is 280 g/mol. The van der Waals surface area contributed by atoms with Crippen LogP contribution in [0.5, 0.6) is 5.75 Å². The number of halogens is 1. The third-order valence-electron chi connectivity index (χ3n) is 2.66. The van der Waals surface area contributed by atoms with E-state index in [4.69, 9.17) is 4.74 Å². The van der Waals surface area contributed by atoms with Crippen molar-refractivity contribution in [3.8, 4) is 17.0 Å². The van der Waals surface area contributed by atoms with Gasteiger partial charge in [0.05, 0.1) is 12.8 Å². The summed E-state index contributed by atoms with van der Waals surface area (Å²) in [6, 6.07) is 5.31. The number of nitrogens with zero attached hydrogens (tertiary/aromatic N) is 1. The Labute approximate surface area is 116 Å². The van der Waals surface area contributed by atoms with Gasteiger partial charge >= 0.3 is 0 Å². The highest BCUT2D eigenvalue weighted by atomic mass is 32.1. The smallest absolute Gasteiger partial charge is 0.165 e. The van der Waals surface area contributed by atoms with Crippen LogP contribution in [0, 0.1) is 5.82 Å². The number of benzene rings is 1. The Bertz CT molecular complexity index is 554. The van der Waals surface area contributed by atoms with Gasteiger partial charge in [0.15, 0.2) is 11.6 Å². The number of methoxy groups -OCH3 is 1. The third kappa shape index (κ3) is 3.52. The molecular weight excluding hydrogens is 263 g/mol. The first kappa shape index (κ1) is 14.0. The van der Waals surface area contributed by atoms with Crippen molar-refractivity contribution in [3.05, 3.63) is 34.4 Å². The van der Waals surface area contributed by atoms with Gasteiger partial charge in [-0.1, -0.05) is 13.8 Å². The molecule has 0 atom stereocenters. The molecule has 0 unspecified atom stereocenters. The topological polar surface area (TPSA) is 34.1 Å². The summed E-state index contributed by atoms with van der Waals surface area (Å²) in [5.74, 6) is -0.115. The lowest BCUT2D eigenvalue weighted by Gasteiger charge is -2.05. The fourth-order valence-corrected chi connectivity index (χ4v) is 2.40. The van der Waals surface area contributed by atoms with Crippen LogP contribution in [0.2, 0.25) is 0 Å². The number of hydrogen-bond acceptors (Lipinski definition) is 4. The lowest BCUT2D eigenvalue weighted by Crippen LogP contribution is -2.21. The summed E-state index contributed by atoms with van der Waals surface area (Å²) in [4.78, 5) is 4.50. The predicted molar refractivity (Wildman–Crippen MR) is 76.0 cm³/mol. The second kappa shape index (κ2) is 6.12. The molecule has 0 fully saturated rings. The average molecular weight is 280 g/mol. The molecule has 0 aliphatic heterocycles. The quantitative estimate of drug-likeness (QED) is 0.910. The highest BCUT2D eigenvalue weighted by molar-refractivity contribution is 7.09. The minimum atomic E-state index is -0.366. The Morgan fingerprint density at radius 2 is 2.21 bits per heavy atom. The standard InChI is InChI=1S/C14H17FN2OS/c1-9(2)16-7-14-17-12(8-19-14)10-4-5-13(18-3)11(15)6-10/h4-6,8-9,16H,7H2,1-3H3. The molecule has 5 heteroatoms. The molecule has 1 N–H and O–H groups in total. The van der Waals surface area contributed by atoms with Gasteiger partial charge in [-0.15, -0.1) is 11.3 Å². The van der Waals surface area contributed by atoms with Gasteiger partial charge in [-0.3, -0.25) is 0 Å². The van der Waals surface area contributed by atoms with E-state index in [9.17, 15) is 4.39 Å². The molecule has 0 amide bonds. The van der Waals surface area contributed by atoms with Crippen LogP contribution in [0.4, 0.5) is 4.39 Å². The molecule has 2 aromatic rings. The van der Waals surface area contributed by atoms with Crippen molar-refractivity contribution in [2.24, 2.45) is 0 Å². The van der Waals surface area contributed by atoms with E-state index in [1.807, 2.05) is 11.4 Å². The highest BCUT2D eigenvalue weighted by Crippen LogP contribution is 2.26. The zero-order valence-corrected chi connectivity index (χ0v) is 12.1. The summed E-state index contributed by atoms with van der Waals surface area (Å²) in [6.45, 7) is 4.92. The minimum Gasteiger partial charge on any atom is -0.494 e. The number of thiazole rings is 1. The molecule has 3 nitrogen and oxygen atoms in total. The van der Waals surface area contributed by atoms with Gasteiger partial charge in [0.1, 0.15) is 5.01 Å². The summed E-state index contributed by atoms with van der Waals surface area (Å²) < 4.78 is 18.5. The fraction of sp³-hybridized carbons (Fsp3) is 0.357. The number of nitrogens with one attached hydrogen (secondary N) is 1. The first-order valence-corrected chi connectivity index (χ1v) is 7.00. The lowest BCUT2D eigenvalue weighted by atomic mass is 10.1. The first-order valence-electron chi connectivity index (χ1n) is 6.12. The molecule has 19 heavy (non-hydrogen) atoms. The maximum Gasteiger partial charge on any atom is 0.165 e. The molecule has 0 aliphatic carbocycles. The summed E-state index contributed by atoms with van der Waals surface area (Å²) in [7, 11) is 1.45. The predicted octanol–water partition coefficient (Wildman–Crippen LogP) is 3.46. The van der Waals surface area contributed by atoms with Crippen LogP contribution < -0.4 is 10.1 Å². The Kier molecular flexibility index (Phi) is 4.50. The summed E-state index contributed by atoms with van der Waals surface area (Å²) in [6.07, 6.45) is 0. The van der Waals surface area contributed by atoms with Gasteiger partial charge in [0.2, 0.25) is 0 Å². The number of ether oxygens (including phenoxy) is 1. The Hall–Kier alpha value is -1.46. The molecule has 1 aromatic carbocycles. The van der Waals surface area contributed by atoms with E-state index < -0.39 is 0 Å². The van der Waals surface area contributed by atoms with Crippen LogP contribution in [0.3, 0.4) is 0 Å². The van der Waals surface area contributed by atoms with Crippen molar-refractivity contribution in [1.82, 2.24) is 10.3 Å². The minimum absolute atomic E-state index is 0.251. The molecule has 0 radical (unpaired) electrons. The normalized spacial score (nSPS) is 11.0. The Morgan fingerprint density at radius 1 is 1.42 bits per heavy atom. The summed E-state index contributed by atoms with van der Waals surface area (Å²) in [5.41, 5.74) is 1.57. The molecule has 0 bridgehead atoms. The van der Waals surface area contributed by atoms with E-state index in [0.717, 1.165) is 22.8 Å². The molecule has 102 valence electrons. The Morgan fingerprint density at radius 3 is 2.84 bits per heavy atom. The van der Waals surface area contributed by atoms with Crippen molar-refractivity contribution in [3.63, 3.8) is 0 Å². The van der Waals surface area contributed by atoms with Crippen LogP contribution in [-0.2, 0) is 6.54 Å². The van der Waals surface area contributed by atoms with Crippen molar-refractivity contribution < 1.29 is 9.13 Å².